The maximum atomic E-state index is 6.23. The van der Waals surface area contributed by atoms with Crippen LogP contribution in [0.5, 0.6) is 5.75 Å². The second-order valence-corrected chi connectivity index (χ2v) is 7.97. The number of hydrogen-bond acceptors (Lipinski definition) is 4. The summed E-state index contributed by atoms with van der Waals surface area (Å²) in [6.07, 6.45) is 5.68. The van der Waals surface area contributed by atoms with Crippen LogP contribution in [0.3, 0.4) is 0 Å². The quantitative estimate of drug-likeness (QED) is 0.781. The first-order valence-electron chi connectivity index (χ1n) is 8.45. The fraction of sp³-hybridized carbons (Fsp3) is 0.647. The molecule has 0 saturated heterocycles. The standard InChI is InChI=1S/C17H26O4Si/c1-3-19-22(20-4-2)15-8-9-16-14(12-15)13-18-17(21-16)10-6-5-7-11-17/h8-9,12,22H,3-7,10-11,13H2,1-2H3. The van der Waals surface area contributed by atoms with E-state index in [9.17, 15) is 0 Å². The van der Waals surface area contributed by atoms with E-state index in [2.05, 4.69) is 18.2 Å². The monoisotopic (exact) mass is 322 g/mol. The van der Waals surface area contributed by atoms with Gasteiger partial charge >= 0.3 is 9.28 Å². The van der Waals surface area contributed by atoms with Gasteiger partial charge in [0.25, 0.3) is 0 Å². The molecule has 4 nitrogen and oxygen atoms in total. The van der Waals surface area contributed by atoms with Crippen LogP contribution in [0.2, 0.25) is 0 Å². The molecule has 5 heteroatoms. The van der Waals surface area contributed by atoms with E-state index in [4.69, 9.17) is 18.3 Å². The Kier molecular flexibility index (Phi) is 5.18. The first-order chi connectivity index (χ1) is 10.8. The molecule has 0 atom stereocenters. The van der Waals surface area contributed by atoms with Crippen LogP contribution in [0.25, 0.3) is 0 Å². The summed E-state index contributed by atoms with van der Waals surface area (Å²) in [5, 5.41) is 1.16. The molecule has 2 aliphatic rings. The van der Waals surface area contributed by atoms with Crippen LogP contribution in [0.1, 0.15) is 51.5 Å². The van der Waals surface area contributed by atoms with Crippen molar-refractivity contribution in [3.63, 3.8) is 0 Å². The molecular weight excluding hydrogens is 296 g/mol. The first-order valence-corrected chi connectivity index (χ1v) is 9.97. The predicted octanol–water partition coefficient (Wildman–Crippen LogP) is 2.76. The van der Waals surface area contributed by atoms with Gasteiger partial charge in [-0.1, -0.05) is 12.5 Å². The van der Waals surface area contributed by atoms with E-state index in [-0.39, 0.29) is 5.79 Å². The summed E-state index contributed by atoms with van der Waals surface area (Å²) in [6.45, 7) is 6.02. The van der Waals surface area contributed by atoms with E-state index in [0.29, 0.717) is 19.8 Å². The molecule has 0 aromatic heterocycles. The van der Waals surface area contributed by atoms with Gasteiger partial charge in [-0.25, -0.2) is 0 Å². The zero-order valence-electron chi connectivity index (χ0n) is 13.6. The Hall–Kier alpha value is -0.883. The zero-order valence-corrected chi connectivity index (χ0v) is 14.8. The van der Waals surface area contributed by atoms with E-state index in [0.717, 1.165) is 29.3 Å². The highest BCUT2D eigenvalue weighted by atomic mass is 28.3. The fourth-order valence-electron chi connectivity index (χ4n) is 3.28. The molecule has 0 unspecified atom stereocenters. The van der Waals surface area contributed by atoms with E-state index < -0.39 is 9.28 Å². The third-order valence-corrected chi connectivity index (χ3v) is 6.57. The van der Waals surface area contributed by atoms with Crippen LogP contribution < -0.4 is 9.92 Å². The predicted molar refractivity (Wildman–Crippen MR) is 87.7 cm³/mol. The number of fused-ring (bicyclic) bond motifs is 1. The molecule has 122 valence electrons. The van der Waals surface area contributed by atoms with Crippen molar-refractivity contribution in [2.75, 3.05) is 13.2 Å². The Balaban J connectivity index is 1.77. The minimum atomic E-state index is -1.80. The van der Waals surface area contributed by atoms with Crippen LogP contribution in [-0.4, -0.2) is 28.3 Å². The Bertz CT molecular complexity index is 493. The third-order valence-electron chi connectivity index (χ3n) is 4.39. The van der Waals surface area contributed by atoms with Crippen LogP contribution in [0, 0.1) is 0 Å². The SMILES string of the molecule is CCO[SiH](OCC)c1ccc2c(c1)COC1(CCCCC1)O2. The van der Waals surface area contributed by atoms with E-state index in [1.54, 1.807) is 0 Å². The summed E-state index contributed by atoms with van der Waals surface area (Å²) in [6, 6.07) is 6.32. The van der Waals surface area contributed by atoms with Gasteiger partial charge in [0.1, 0.15) is 5.75 Å². The highest BCUT2D eigenvalue weighted by molar-refractivity contribution is 6.61. The molecule has 0 N–H and O–H groups in total. The summed E-state index contributed by atoms with van der Waals surface area (Å²) in [5.41, 5.74) is 1.12. The van der Waals surface area contributed by atoms with Gasteiger partial charge in [-0.3, -0.25) is 0 Å². The molecule has 1 saturated carbocycles. The highest BCUT2D eigenvalue weighted by Crippen LogP contribution is 2.39. The Morgan fingerprint density at radius 2 is 1.82 bits per heavy atom. The molecule has 1 aliphatic heterocycles. The van der Waals surface area contributed by atoms with Crippen LogP contribution in [-0.2, 0) is 20.2 Å². The second kappa shape index (κ2) is 7.13. The van der Waals surface area contributed by atoms with Gasteiger partial charge in [0.15, 0.2) is 0 Å². The Morgan fingerprint density at radius 1 is 1.09 bits per heavy atom. The van der Waals surface area contributed by atoms with Crippen LogP contribution >= 0.6 is 0 Å². The molecule has 1 spiro atoms. The van der Waals surface area contributed by atoms with Gasteiger partial charge < -0.3 is 18.3 Å². The molecule has 0 bridgehead atoms. The van der Waals surface area contributed by atoms with Gasteiger partial charge in [0.2, 0.25) is 5.79 Å². The molecule has 1 aromatic rings. The van der Waals surface area contributed by atoms with Crippen LogP contribution in [0.15, 0.2) is 18.2 Å². The minimum absolute atomic E-state index is 0.372. The number of rotatable bonds is 5. The van der Waals surface area contributed by atoms with Crippen molar-refractivity contribution >= 4 is 14.5 Å². The van der Waals surface area contributed by atoms with Crippen molar-refractivity contribution in [1.82, 2.24) is 0 Å². The van der Waals surface area contributed by atoms with Crippen molar-refractivity contribution in [1.29, 1.82) is 0 Å². The van der Waals surface area contributed by atoms with E-state index in [1.807, 2.05) is 13.8 Å². The van der Waals surface area contributed by atoms with Gasteiger partial charge in [-0.15, -0.1) is 0 Å². The topological polar surface area (TPSA) is 36.9 Å². The number of benzene rings is 1. The average Bonchev–Trinajstić information content (AvgIpc) is 2.55. The lowest BCUT2D eigenvalue weighted by Crippen LogP contribution is -2.44. The second-order valence-electron chi connectivity index (χ2n) is 5.97. The molecule has 1 aliphatic carbocycles. The minimum Gasteiger partial charge on any atom is -0.462 e. The molecule has 1 aromatic carbocycles. The molecule has 0 amide bonds. The lowest BCUT2D eigenvalue weighted by molar-refractivity contribution is -0.222. The third kappa shape index (κ3) is 3.38. The normalized spacial score (nSPS) is 20.0. The van der Waals surface area contributed by atoms with Gasteiger partial charge in [-0.2, -0.15) is 0 Å². The summed E-state index contributed by atoms with van der Waals surface area (Å²) in [7, 11) is -1.80. The zero-order chi connectivity index (χ0) is 15.4. The molecule has 22 heavy (non-hydrogen) atoms. The van der Waals surface area contributed by atoms with E-state index >= 15 is 0 Å². The molecule has 1 heterocycles. The Labute approximate surface area is 134 Å². The average molecular weight is 322 g/mol. The molecule has 1 fully saturated rings. The summed E-state index contributed by atoms with van der Waals surface area (Å²) >= 11 is 0. The van der Waals surface area contributed by atoms with Crippen molar-refractivity contribution in [2.24, 2.45) is 0 Å². The highest BCUT2D eigenvalue weighted by Gasteiger charge is 2.39. The van der Waals surface area contributed by atoms with Crippen LogP contribution in [0.4, 0.5) is 0 Å². The summed E-state index contributed by atoms with van der Waals surface area (Å²) < 4.78 is 23.9. The fourth-order valence-corrected chi connectivity index (χ4v) is 4.95. The van der Waals surface area contributed by atoms with Gasteiger partial charge in [0, 0.05) is 31.6 Å². The first kappa shape index (κ1) is 16.0. The van der Waals surface area contributed by atoms with Crippen molar-refractivity contribution in [2.45, 2.75) is 58.3 Å². The summed E-state index contributed by atoms with van der Waals surface area (Å²) in [4.78, 5) is 0. The molecular formula is C17H26O4Si. The molecule has 0 radical (unpaired) electrons. The maximum absolute atomic E-state index is 6.23. The smallest absolute Gasteiger partial charge is 0.355 e. The van der Waals surface area contributed by atoms with Crippen molar-refractivity contribution < 1.29 is 18.3 Å². The van der Waals surface area contributed by atoms with Crippen molar-refractivity contribution in [3.8, 4) is 5.75 Å². The maximum Gasteiger partial charge on any atom is 0.355 e. The number of ether oxygens (including phenoxy) is 2. The summed E-state index contributed by atoms with van der Waals surface area (Å²) in [5.74, 6) is 0.598. The Morgan fingerprint density at radius 3 is 2.50 bits per heavy atom. The van der Waals surface area contributed by atoms with E-state index in [1.165, 1.54) is 19.3 Å². The molecule has 3 rings (SSSR count). The lowest BCUT2D eigenvalue weighted by Gasteiger charge is -2.41. The lowest BCUT2D eigenvalue weighted by atomic mass is 9.93. The number of hydrogen-bond donors (Lipinski definition) is 0. The van der Waals surface area contributed by atoms with Gasteiger partial charge in [0.05, 0.1) is 6.61 Å². The largest absolute Gasteiger partial charge is 0.462 e. The van der Waals surface area contributed by atoms with Crippen molar-refractivity contribution in [3.05, 3.63) is 23.8 Å². The van der Waals surface area contributed by atoms with Gasteiger partial charge in [-0.05, 0) is 44.0 Å².